The van der Waals surface area contributed by atoms with E-state index in [0.29, 0.717) is 16.8 Å². The molecule has 0 bridgehead atoms. The summed E-state index contributed by atoms with van der Waals surface area (Å²) in [5.41, 5.74) is 3.88. The molecule has 6 heteroatoms. The van der Waals surface area contributed by atoms with Crippen LogP contribution in [0.1, 0.15) is 22.3 Å². The molecule has 0 aliphatic rings. The van der Waals surface area contributed by atoms with Crippen molar-refractivity contribution >= 4 is 12.2 Å². The number of aromatic amines is 1. The third-order valence-electron chi connectivity index (χ3n) is 3.86. The third kappa shape index (κ3) is 4.02. The Kier molecular flexibility index (Phi) is 4.96. The number of nitrogens with zero attached hydrogens (tertiary/aromatic N) is 3. The minimum absolute atomic E-state index is 0.157. The Morgan fingerprint density at radius 3 is 2.54 bits per heavy atom. The molecule has 2 aromatic heterocycles. The highest BCUT2D eigenvalue weighted by atomic mass is 32.1. The lowest BCUT2D eigenvalue weighted by Gasteiger charge is -2.09. The Morgan fingerprint density at radius 1 is 1.12 bits per heavy atom. The molecule has 24 heavy (non-hydrogen) atoms. The van der Waals surface area contributed by atoms with Crippen molar-refractivity contribution in [2.24, 2.45) is 0 Å². The summed E-state index contributed by atoms with van der Waals surface area (Å²) in [4.78, 5) is 22.9. The van der Waals surface area contributed by atoms with E-state index >= 15 is 0 Å². The largest absolute Gasteiger partial charge is 0.325 e. The lowest BCUT2D eigenvalue weighted by Crippen LogP contribution is -2.19. The molecule has 0 spiro atoms. The van der Waals surface area contributed by atoms with Gasteiger partial charge < -0.3 is 4.57 Å². The monoisotopic (exact) mass is 338 g/mol. The maximum atomic E-state index is 12.1. The van der Waals surface area contributed by atoms with Crippen molar-refractivity contribution in [3.63, 3.8) is 0 Å². The van der Waals surface area contributed by atoms with E-state index in [0.717, 1.165) is 18.5 Å². The van der Waals surface area contributed by atoms with E-state index in [9.17, 15) is 4.79 Å². The molecule has 0 radical (unpaired) electrons. The van der Waals surface area contributed by atoms with Gasteiger partial charge in [-0.05, 0) is 36.7 Å². The number of aryl methyl sites for hydroxylation is 3. The quantitative estimate of drug-likeness (QED) is 0.727. The molecule has 0 saturated heterocycles. The molecule has 0 aliphatic carbocycles. The van der Waals surface area contributed by atoms with Crippen molar-refractivity contribution in [1.82, 2.24) is 19.5 Å². The standard InChI is InChI=1S/C18H18N4OS/c1-13-2-4-14(5-3-13)6-7-22-11-16(17(23)21-18(22)24)8-15-9-19-12-20-10-15/h2-5,9-12H,6-8H2,1H3,(H,21,23,24). The first-order chi connectivity index (χ1) is 11.6. The number of hydrogen-bond acceptors (Lipinski definition) is 4. The number of aromatic nitrogens is 4. The van der Waals surface area contributed by atoms with Gasteiger partial charge in [-0.2, -0.15) is 0 Å². The van der Waals surface area contributed by atoms with E-state index < -0.39 is 0 Å². The summed E-state index contributed by atoms with van der Waals surface area (Å²) < 4.78 is 2.36. The van der Waals surface area contributed by atoms with Crippen LogP contribution in [0.2, 0.25) is 0 Å². The molecule has 0 atom stereocenters. The summed E-state index contributed by atoms with van der Waals surface area (Å²) in [5, 5.41) is 0. The molecule has 3 rings (SSSR count). The third-order valence-corrected chi connectivity index (χ3v) is 4.19. The molecule has 0 unspecified atom stereocenters. The molecule has 1 aromatic carbocycles. The molecule has 0 saturated carbocycles. The second-order valence-corrected chi connectivity index (χ2v) is 6.15. The molecule has 3 aromatic rings. The minimum Gasteiger partial charge on any atom is -0.325 e. The fourth-order valence-corrected chi connectivity index (χ4v) is 2.73. The van der Waals surface area contributed by atoms with Gasteiger partial charge in [-0.3, -0.25) is 9.78 Å². The van der Waals surface area contributed by atoms with Crippen LogP contribution in [-0.2, 0) is 19.4 Å². The highest BCUT2D eigenvalue weighted by molar-refractivity contribution is 7.71. The van der Waals surface area contributed by atoms with Crippen molar-refractivity contribution in [2.45, 2.75) is 26.3 Å². The van der Waals surface area contributed by atoms with E-state index in [2.05, 4.69) is 46.1 Å². The minimum atomic E-state index is -0.157. The highest BCUT2D eigenvalue weighted by Crippen LogP contribution is 2.07. The van der Waals surface area contributed by atoms with Crippen molar-refractivity contribution in [3.8, 4) is 0 Å². The van der Waals surface area contributed by atoms with Crippen LogP contribution in [0.5, 0.6) is 0 Å². The van der Waals surface area contributed by atoms with Gasteiger partial charge in [-0.25, -0.2) is 9.97 Å². The zero-order valence-corrected chi connectivity index (χ0v) is 14.2. The topological polar surface area (TPSA) is 63.6 Å². The molecular weight excluding hydrogens is 320 g/mol. The van der Waals surface area contributed by atoms with Crippen LogP contribution in [0.15, 0.2) is 54.0 Å². The van der Waals surface area contributed by atoms with E-state index in [4.69, 9.17) is 12.2 Å². The first kappa shape index (κ1) is 16.3. The average Bonchev–Trinajstić information content (AvgIpc) is 2.59. The summed E-state index contributed by atoms with van der Waals surface area (Å²) in [6.45, 7) is 2.79. The fraction of sp³-hybridized carbons (Fsp3) is 0.222. The first-order valence-electron chi connectivity index (χ1n) is 7.74. The number of H-pyrrole nitrogens is 1. The Bertz CT molecular complexity index is 930. The smallest absolute Gasteiger partial charge is 0.255 e. The maximum absolute atomic E-state index is 12.1. The van der Waals surface area contributed by atoms with Gasteiger partial charge in [0, 0.05) is 37.1 Å². The van der Waals surface area contributed by atoms with Crippen LogP contribution < -0.4 is 5.56 Å². The molecule has 0 fully saturated rings. The summed E-state index contributed by atoms with van der Waals surface area (Å²) in [5.74, 6) is 0. The molecule has 0 amide bonds. The Hall–Kier alpha value is -2.60. The van der Waals surface area contributed by atoms with Gasteiger partial charge in [0.25, 0.3) is 5.56 Å². The van der Waals surface area contributed by atoms with Gasteiger partial charge in [0.1, 0.15) is 6.33 Å². The van der Waals surface area contributed by atoms with Crippen molar-refractivity contribution in [3.05, 3.63) is 86.6 Å². The van der Waals surface area contributed by atoms with Crippen molar-refractivity contribution in [1.29, 1.82) is 0 Å². The second-order valence-electron chi connectivity index (χ2n) is 5.77. The average molecular weight is 338 g/mol. The Labute approximate surface area is 145 Å². The Balaban J connectivity index is 1.80. The van der Waals surface area contributed by atoms with Crippen LogP contribution in [0.25, 0.3) is 0 Å². The molecule has 0 aliphatic heterocycles. The van der Waals surface area contributed by atoms with E-state index in [1.807, 2.05) is 10.8 Å². The Morgan fingerprint density at radius 2 is 1.83 bits per heavy atom. The van der Waals surface area contributed by atoms with Gasteiger partial charge in [0.05, 0.1) is 0 Å². The number of hydrogen-bond donors (Lipinski definition) is 1. The predicted octanol–water partition coefficient (Wildman–Crippen LogP) is 2.84. The van der Waals surface area contributed by atoms with Gasteiger partial charge in [0.2, 0.25) is 0 Å². The van der Waals surface area contributed by atoms with Gasteiger partial charge in [-0.15, -0.1) is 0 Å². The lowest BCUT2D eigenvalue weighted by atomic mass is 10.1. The van der Waals surface area contributed by atoms with Crippen LogP contribution in [0.3, 0.4) is 0 Å². The number of rotatable bonds is 5. The summed E-state index contributed by atoms with van der Waals surface area (Å²) >= 11 is 5.28. The highest BCUT2D eigenvalue weighted by Gasteiger charge is 2.05. The van der Waals surface area contributed by atoms with Crippen LogP contribution in [-0.4, -0.2) is 19.5 Å². The van der Waals surface area contributed by atoms with Gasteiger partial charge >= 0.3 is 0 Å². The number of benzene rings is 1. The molecule has 2 heterocycles. The van der Waals surface area contributed by atoms with E-state index in [-0.39, 0.29) is 5.56 Å². The van der Waals surface area contributed by atoms with E-state index in [1.165, 1.54) is 17.5 Å². The number of nitrogens with one attached hydrogen (secondary N) is 1. The molecule has 122 valence electrons. The van der Waals surface area contributed by atoms with E-state index in [1.54, 1.807) is 12.4 Å². The van der Waals surface area contributed by atoms with Crippen LogP contribution >= 0.6 is 12.2 Å². The summed E-state index contributed by atoms with van der Waals surface area (Å²) in [7, 11) is 0. The summed E-state index contributed by atoms with van der Waals surface area (Å²) in [6.07, 6.45) is 8.07. The molecule has 1 N–H and O–H groups in total. The molecule has 5 nitrogen and oxygen atoms in total. The zero-order valence-electron chi connectivity index (χ0n) is 13.4. The van der Waals surface area contributed by atoms with Crippen molar-refractivity contribution < 1.29 is 0 Å². The molecular formula is C18H18N4OS. The normalized spacial score (nSPS) is 10.7. The van der Waals surface area contributed by atoms with Crippen LogP contribution in [0, 0.1) is 11.7 Å². The van der Waals surface area contributed by atoms with Gasteiger partial charge in [0.15, 0.2) is 4.77 Å². The predicted molar refractivity (Wildman–Crippen MR) is 95.6 cm³/mol. The maximum Gasteiger partial charge on any atom is 0.255 e. The second kappa shape index (κ2) is 7.31. The van der Waals surface area contributed by atoms with Crippen molar-refractivity contribution in [2.75, 3.05) is 0 Å². The van der Waals surface area contributed by atoms with Crippen LogP contribution in [0.4, 0.5) is 0 Å². The first-order valence-corrected chi connectivity index (χ1v) is 8.15. The fourth-order valence-electron chi connectivity index (χ4n) is 2.49. The van der Waals surface area contributed by atoms with Gasteiger partial charge in [-0.1, -0.05) is 29.8 Å². The lowest BCUT2D eigenvalue weighted by molar-refractivity contribution is 0.655. The summed E-state index contributed by atoms with van der Waals surface area (Å²) in [6, 6.07) is 8.43. The zero-order chi connectivity index (χ0) is 16.9. The SMILES string of the molecule is Cc1ccc(CCn2cc(Cc3cncnc3)c(=O)[nH]c2=S)cc1.